The molecule has 2 aromatic rings. The number of amides is 1. The molecule has 4 rings (SSSR count). The molecule has 2 atom stereocenters. The van der Waals surface area contributed by atoms with Crippen molar-refractivity contribution in [3.05, 3.63) is 29.6 Å². The van der Waals surface area contributed by atoms with Gasteiger partial charge in [-0.3, -0.25) is 4.79 Å². The average molecular weight is 460 g/mol. The standard InChI is InChI=1S/C19H18F6N6O/c1-9-7-26-2-3-31(9)13-5-10(18(20,21)22)4-12(29-13)16-15-11(19(23,24)25)6-14(32)30-17(15)28-8-27-16/h4-5,8-9,11,26H,2-3,6-7H2,1H3,(H,27,28,30,32)/t9-,11?/m0/s1. The summed E-state index contributed by atoms with van der Waals surface area (Å²) in [6.45, 7) is 3.20. The molecular formula is C19H18F6N6O. The molecule has 7 nitrogen and oxygen atoms in total. The maximum atomic E-state index is 13.7. The fourth-order valence-electron chi connectivity index (χ4n) is 3.91. The second kappa shape index (κ2) is 7.87. The van der Waals surface area contributed by atoms with Gasteiger partial charge in [-0.2, -0.15) is 26.3 Å². The number of nitrogens with zero attached hydrogens (tertiary/aromatic N) is 4. The number of halogens is 6. The Hall–Kier alpha value is -2.96. The Balaban J connectivity index is 1.92. The number of aromatic nitrogens is 3. The first-order valence-electron chi connectivity index (χ1n) is 9.73. The first kappa shape index (κ1) is 22.2. The van der Waals surface area contributed by atoms with Crippen LogP contribution in [0, 0.1) is 0 Å². The van der Waals surface area contributed by atoms with Crippen LogP contribution in [0.2, 0.25) is 0 Å². The highest BCUT2D eigenvalue weighted by atomic mass is 19.4. The van der Waals surface area contributed by atoms with Crippen LogP contribution in [0.3, 0.4) is 0 Å². The minimum absolute atomic E-state index is 0.0143. The smallest absolute Gasteiger partial charge is 0.351 e. The number of alkyl halides is 6. The second-order valence-corrected chi connectivity index (χ2v) is 7.67. The van der Waals surface area contributed by atoms with Crippen molar-refractivity contribution in [2.24, 2.45) is 0 Å². The van der Waals surface area contributed by atoms with E-state index in [4.69, 9.17) is 0 Å². The average Bonchev–Trinajstić information content (AvgIpc) is 2.71. The summed E-state index contributed by atoms with van der Waals surface area (Å²) in [5.41, 5.74) is -2.32. The lowest BCUT2D eigenvalue weighted by Crippen LogP contribution is -2.50. The molecule has 172 valence electrons. The number of fused-ring (bicyclic) bond motifs is 1. The predicted molar refractivity (Wildman–Crippen MR) is 102 cm³/mol. The molecule has 1 saturated heterocycles. The highest BCUT2D eigenvalue weighted by Crippen LogP contribution is 2.46. The number of piperazine rings is 1. The van der Waals surface area contributed by atoms with Gasteiger partial charge in [0, 0.05) is 37.7 Å². The molecule has 0 bridgehead atoms. The monoisotopic (exact) mass is 460 g/mol. The van der Waals surface area contributed by atoms with Gasteiger partial charge >= 0.3 is 12.4 Å². The third kappa shape index (κ3) is 4.20. The van der Waals surface area contributed by atoms with Crippen LogP contribution in [-0.4, -0.2) is 52.7 Å². The molecule has 2 aliphatic rings. The molecule has 1 amide bonds. The summed E-state index contributed by atoms with van der Waals surface area (Å²) in [5, 5.41) is 5.36. The first-order chi connectivity index (χ1) is 14.9. The van der Waals surface area contributed by atoms with Gasteiger partial charge in [0.05, 0.1) is 22.9 Å². The van der Waals surface area contributed by atoms with Crippen molar-refractivity contribution in [2.45, 2.75) is 37.7 Å². The van der Waals surface area contributed by atoms with Gasteiger partial charge in [0.25, 0.3) is 0 Å². The van der Waals surface area contributed by atoms with E-state index in [0.717, 1.165) is 12.4 Å². The SMILES string of the molecule is C[C@H]1CNCCN1c1cc(C(F)(F)F)cc(-c2ncnc3c2C(C(F)(F)F)CC(=O)N3)n1. The molecule has 32 heavy (non-hydrogen) atoms. The number of carbonyl (C=O) groups is 1. The third-order valence-corrected chi connectivity index (χ3v) is 5.45. The summed E-state index contributed by atoms with van der Waals surface area (Å²) in [6, 6.07) is 1.36. The molecule has 2 aromatic heterocycles. The van der Waals surface area contributed by atoms with Gasteiger partial charge in [0.1, 0.15) is 18.0 Å². The fourth-order valence-corrected chi connectivity index (χ4v) is 3.91. The van der Waals surface area contributed by atoms with Gasteiger partial charge in [-0.1, -0.05) is 0 Å². The first-order valence-corrected chi connectivity index (χ1v) is 9.73. The van der Waals surface area contributed by atoms with Crippen LogP contribution >= 0.6 is 0 Å². The molecule has 0 radical (unpaired) electrons. The van der Waals surface area contributed by atoms with E-state index >= 15 is 0 Å². The van der Waals surface area contributed by atoms with Crippen LogP contribution < -0.4 is 15.5 Å². The van der Waals surface area contributed by atoms with Crippen molar-refractivity contribution in [3.8, 4) is 11.4 Å². The summed E-state index contributed by atoms with van der Waals surface area (Å²) < 4.78 is 82.2. The second-order valence-electron chi connectivity index (χ2n) is 7.67. The van der Waals surface area contributed by atoms with E-state index < -0.39 is 47.4 Å². The van der Waals surface area contributed by atoms with Crippen molar-refractivity contribution < 1.29 is 31.1 Å². The number of nitrogens with one attached hydrogen (secondary N) is 2. The Morgan fingerprint density at radius 1 is 1.12 bits per heavy atom. The minimum Gasteiger partial charge on any atom is -0.351 e. The van der Waals surface area contributed by atoms with Crippen molar-refractivity contribution in [3.63, 3.8) is 0 Å². The summed E-state index contributed by atoms with van der Waals surface area (Å²) in [6.07, 6.45) is -9.61. The molecule has 1 unspecified atom stereocenters. The Labute approximate surface area is 178 Å². The lowest BCUT2D eigenvalue weighted by molar-refractivity contribution is -0.156. The minimum atomic E-state index is -4.83. The molecule has 13 heteroatoms. The Morgan fingerprint density at radius 2 is 1.88 bits per heavy atom. The third-order valence-electron chi connectivity index (χ3n) is 5.45. The van der Waals surface area contributed by atoms with Crippen molar-refractivity contribution in [1.29, 1.82) is 0 Å². The van der Waals surface area contributed by atoms with E-state index in [1.54, 1.807) is 11.8 Å². The van der Waals surface area contributed by atoms with Crippen LogP contribution in [0.15, 0.2) is 18.5 Å². The summed E-state index contributed by atoms with van der Waals surface area (Å²) in [4.78, 5) is 25.2. The highest BCUT2D eigenvalue weighted by molar-refractivity contribution is 5.95. The normalized spacial score (nSPS) is 21.8. The van der Waals surface area contributed by atoms with E-state index in [-0.39, 0.29) is 23.4 Å². The van der Waals surface area contributed by atoms with Gasteiger partial charge in [0.2, 0.25) is 5.91 Å². The van der Waals surface area contributed by atoms with Gasteiger partial charge < -0.3 is 15.5 Å². The van der Waals surface area contributed by atoms with Crippen molar-refractivity contribution in [2.75, 3.05) is 29.9 Å². The zero-order valence-corrected chi connectivity index (χ0v) is 16.7. The largest absolute Gasteiger partial charge is 0.416 e. The van der Waals surface area contributed by atoms with Crippen LogP contribution in [0.4, 0.5) is 38.0 Å². The fraction of sp³-hybridized carbons (Fsp3) is 0.474. The molecular weight excluding hydrogens is 442 g/mol. The molecule has 0 saturated carbocycles. The van der Waals surface area contributed by atoms with E-state index in [0.29, 0.717) is 25.7 Å². The molecule has 0 spiro atoms. The van der Waals surface area contributed by atoms with Crippen LogP contribution in [-0.2, 0) is 11.0 Å². The van der Waals surface area contributed by atoms with E-state index in [2.05, 4.69) is 25.6 Å². The van der Waals surface area contributed by atoms with Gasteiger partial charge in [0.15, 0.2) is 0 Å². The lowest BCUT2D eigenvalue weighted by Gasteiger charge is -2.35. The van der Waals surface area contributed by atoms with Crippen LogP contribution in [0.5, 0.6) is 0 Å². The lowest BCUT2D eigenvalue weighted by atomic mass is 9.89. The Kier molecular flexibility index (Phi) is 5.47. The number of rotatable bonds is 2. The zero-order chi connectivity index (χ0) is 23.3. The number of hydrogen-bond donors (Lipinski definition) is 2. The van der Waals surface area contributed by atoms with E-state index in [1.807, 2.05) is 0 Å². The maximum Gasteiger partial charge on any atom is 0.416 e. The summed E-state index contributed by atoms with van der Waals surface area (Å²) in [7, 11) is 0. The van der Waals surface area contributed by atoms with E-state index in [9.17, 15) is 31.1 Å². The highest BCUT2D eigenvalue weighted by Gasteiger charge is 2.47. The number of carbonyl (C=O) groups excluding carboxylic acids is 1. The quantitative estimate of drug-likeness (QED) is 0.669. The molecule has 2 aliphatic heterocycles. The van der Waals surface area contributed by atoms with Crippen LogP contribution in [0.1, 0.15) is 30.4 Å². The molecule has 1 fully saturated rings. The summed E-state index contributed by atoms with van der Waals surface area (Å²) >= 11 is 0. The van der Waals surface area contributed by atoms with Gasteiger partial charge in [-0.05, 0) is 19.1 Å². The molecule has 0 aliphatic carbocycles. The van der Waals surface area contributed by atoms with Crippen molar-refractivity contribution in [1.82, 2.24) is 20.3 Å². The van der Waals surface area contributed by atoms with Gasteiger partial charge in [-0.25, -0.2) is 15.0 Å². The van der Waals surface area contributed by atoms with Gasteiger partial charge in [-0.15, -0.1) is 0 Å². The number of anilines is 2. The Bertz CT molecular complexity index is 1040. The zero-order valence-electron chi connectivity index (χ0n) is 16.7. The predicted octanol–water partition coefficient (Wildman–Crippen LogP) is 3.34. The van der Waals surface area contributed by atoms with Crippen molar-refractivity contribution >= 4 is 17.5 Å². The summed E-state index contributed by atoms with van der Waals surface area (Å²) in [5.74, 6) is -3.55. The number of hydrogen-bond acceptors (Lipinski definition) is 6. The van der Waals surface area contributed by atoms with Crippen LogP contribution in [0.25, 0.3) is 11.4 Å². The van der Waals surface area contributed by atoms with E-state index in [1.165, 1.54) is 0 Å². The number of pyridine rings is 1. The Morgan fingerprint density at radius 3 is 2.53 bits per heavy atom. The topological polar surface area (TPSA) is 83.0 Å². The maximum absolute atomic E-state index is 13.7. The molecule has 4 heterocycles. The molecule has 2 N–H and O–H groups in total. The molecule has 0 aromatic carbocycles.